The molecule has 0 radical (unpaired) electrons. The summed E-state index contributed by atoms with van der Waals surface area (Å²) >= 11 is 13.5. The van der Waals surface area contributed by atoms with E-state index in [4.69, 9.17) is 32.7 Å². The van der Waals surface area contributed by atoms with Crippen LogP contribution in [-0.4, -0.2) is 33.5 Å². The third-order valence-corrected chi connectivity index (χ3v) is 5.85. The minimum absolute atomic E-state index is 0.170. The molecule has 0 spiro atoms. The first kappa shape index (κ1) is 23.2. The van der Waals surface area contributed by atoms with Crippen LogP contribution >= 0.6 is 35.0 Å². The molecular formula is C21H22Cl2N4O3S. The minimum Gasteiger partial charge on any atom is -0.495 e. The number of ether oxygens (including phenoxy) is 2. The monoisotopic (exact) mass is 480 g/mol. The minimum atomic E-state index is -0.417. The van der Waals surface area contributed by atoms with Crippen LogP contribution in [0, 0.1) is 0 Å². The molecule has 2 aromatic carbocycles. The van der Waals surface area contributed by atoms with Gasteiger partial charge in [-0.3, -0.25) is 4.79 Å². The molecule has 0 saturated heterocycles. The molecule has 3 aromatic rings. The molecule has 1 N–H and O–H groups in total. The van der Waals surface area contributed by atoms with Gasteiger partial charge in [-0.25, -0.2) is 0 Å². The second kappa shape index (κ2) is 10.7. The van der Waals surface area contributed by atoms with E-state index in [9.17, 15) is 4.79 Å². The predicted octanol–water partition coefficient (Wildman–Crippen LogP) is 5.48. The van der Waals surface area contributed by atoms with Gasteiger partial charge in [0.25, 0.3) is 0 Å². The van der Waals surface area contributed by atoms with Crippen LogP contribution in [0.25, 0.3) is 0 Å². The Bertz CT molecular complexity index is 1060. The average molecular weight is 481 g/mol. The maximum Gasteiger partial charge on any atom is 0.234 e. The van der Waals surface area contributed by atoms with E-state index in [2.05, 4.69) is 15.5 Å². The number of halogens is 2. The van der Waals surface area contributed by atoms with Crippen LogP contribution in [0.3, 0.4) is 0 Å². The van der Waals surface area contributed by atoms with Crippen LogP contribution in [0.4, 0.5) is 5.69 Å². The summed E-state index contributed by atoms with van der Waals surface area (Å²) in [6.45, 7) is 4.46. The highest BCUT2D eigenvalue weighted by Crippen LogP contribution is 2.32. The number of aromatic nitrogens is 3. The molecule has 1 amide bonds. The van der Waals surface area contributed by atoms with Gasteiger partial charge in [0.15, 0.2) is 17.1 Å². The van der Waals surface area contributed by atoms with Gasteiger partial charge in [0.1, 0.15) is 11.5 Å². The van der Waals surface area contributed by atoms with E-state index in [1.54, 1.807) is 37.4 Å². The number of carbonyl (C=O) groups excluding carboxylic acids is 1. The third kappa shape index (κ3) is 5.84. The number of methoxy groups -OCH3 is 1. The summed E-state index contributed by atoms with van der Waals surface area (Å²) in [5, 5.41) is 13.0. The van der Waals surface area contributed by atoms with E-state index < -0.39 is 6.10 Å². The number of amides is 1. The number of carbonyl (C=O) groups is 1. The molecule has 0 fully saturated rings. The molecule has 3 rings (SSSR count). The second-order valence-electron chi connectivity index (χ2n) is 6.46. The molecule has 10 heteroatoms. The zero-order chi connectivity index (χ0) is 22.4. The number of para-hydroxylation sites is 2. The van der Waals surface area contributed by atoms with Crippen LogP contribution in [0.1, 0.15) is 25.8 Å². The molecule has 0 aliphatic carbocycles. The Kier molecular flexibility index (Phi) is 8.06. The van der Waals surface area contributed by atoms with Gasteiger partial charge in [0.05, 0.1) is 23.6 Å². The van der Waals surface area contributed by atoms with Gasteiger partial charge in [-0.2, -0.15) is 0 Å². The van der Waals surface area contributed by atoms with Crippen LogP contribution < -0.4 is 14.8 Å². The second-order valence-corrected chi connectivity index (χ2v) is 8.24. The first-order valence-corrected chi connectivity index (χ1v) is 11.3. The van der Waals surface area contributed by atoms with Crippen LogP contribution in [0.5, 0.6) is 11.5 Å². The average Bonchev–Trinajstić information content (AvgIpc) is 3.18. The van der Waals surface area contributed by atoms with E-state index in [1.165, 1.54) is 11.8 Å². The van der Waals surface area contributed by atoms with E-state index in [1.807, 2.05) is 30.5 Å². The lowest BCUT2D eigenvalue weighted by atomic mass is 10.3. The molecule has 1 atom stereocenters. The number of nitrogens with one attached hydrogen (secondary N) is 1. The third-order valence-electron chi connectivity index (χ3n) is 4.34. The Balaban J connectivity index is 1.66. The van der Waals surface area contributed by atoms with Gasteiger partial charge in [0.2, 0.25) is 5.91 Å². The van der Waals surface area contributed by atoms with Crippen molar-refractivity contribution in [2.24, 2.45) is 0 Å². The van der Waals surface area contributed by atoms with Crippen molar-refractivity contribution in [1.29, 1.82) is 0 Å². The predicted molar refractivity (Wildman–Crippen MR) is 124 cm³/mol. The summed E-state index contributed by atoms with van der Waals surface area (Å²) in [6, 6.07) is 12.3. The number of hydrogen-bond acceptors (Lipinski definition) is 6. The largest absolute Gasteiger partial charge is 0.495 e. The molecule has 31 heavy (non-hydrogen) atoms. The van der Waals surface area contributed by atoms with Crippen molar-refractivity contribution in [2.75, 3.05) is 18.2 Å². The molecule has 1 unspecified atom stereocenters. The Morgan fingerprint density at radius 3 is 2.71 bits per heavy atom. The number of thioether (sulfide) groups is 1. The van der Waals surface area contributed by atoms with Gasteiger partial charge in [0, 0.05) is 17.6 Å². The number of benzene rings is 2. The van der Waals surface area contributed by atoms with Crippen molar-refractivity contribution in [3.8, 4) is 11.5 Å². The molecule has 0 bridgehead atoms. The van der Waals surface area contributed by atoms with Gasteiger partial charge < -0.3 is 19.4 Å². The Morgan fingerprint density at radius 2 is 1.97 bits per heavy atom. The van der Waals surface area contributed by atoms with Crippen molar-refractivity contribution in [1.82, 2.24) is 14.8 Å². The fraction of sp³-hybridized carbons (Fsp3) is 0.286. The lowest BCUT2D eigenvalue weighted by molar-refractivity contribution is -0.113. The van der Waals surface area contributed by atoms with Crippen LogP contribution in [0.15, 0.2) is 47.6 Å². The Hall–Kier alpha value is -2.42. The fourth-order valence-electron chi connectivity index (χ4n) is 2.88. The molecule has 7 nitrogen and oxygen atoms in total. The molecule has 0 saturated carbocycles. The first-order valence-electron chi connectivity index (χ1n) is 9.53. The zero-order valence-corrected chi connectivity index (χ0v) is 19.6. The highest BCUT2D eigenvalue weighted by Gasteiger charge is 2.20. The summed E-state index contributed by atoms with van der Waals surface area (Å²) in [5.41, 5.74) is 0.619. The van der Waals surface area contributed by atoms with Crippen LogP contribution in [0.2, 0.25) is 10.0 Å². The van der Waals surface area contributed by atoms with Crippen LogP contribution in [-0.2, 0) is 11.3 Å². The Labute approximate surface area is 195 Å². The van der Waals surface area contributed by atoms with Crippen molar-refractivity contribution in [2.45, 2.75) is 31.7 Å². The van der Waals surface area contributed by atoms with Crippen molar-refractivity contribution < 1.29 is 14.3 Å². The van der Waals surface area contributed by atoms with Crippen molar-refractivity contribution in [3.63, 3.8) is 0 Å². The van der Waals surface area contributed by atoms with E-state index in [-0.39, 0.29) is 11.7 Å². The smallest absolute Gasteiger partial charge is 0.234 e. The zero-order valence-electron chi connectivity index (χ0n) is 17.3. The molecular weight excluding hydrogens is 459 g/mol. The number of hydrogen-bond donors (Lipinski definition) is 1. The molecule has 1 heterocycles. The molecule has 0 aliphatic heterocycles. The highest BCUT2D eigenvalue weighted by atomic mass is 35.5. The number of rotatable bonds is 9. The quantitative estimate of drug-likeness (QED) is 0.408. The molecule has 1 aromatic heterocycles. The van der Waals surface area contributed by atoms with Gasteiger partial charge in [-0.15, -0.1) is 10.2 Å². The Morgan fingerprint density at radius 1 is 1.19 bits per heavy atom. The summed E-state index contributed by atoms with van der Waals surface area (Å²) in [6.07, 6.45) is -0.417. The first-order chi connectivity index (χ1) is 14.9. The van der Waals surface area contributed by atoms with Gasteiger partial charge >= 0.3 is 0 Å². The van der Waals surface area contributed by atoms with E-state index in [0.717, 1.165) is 0 Å². The highest BCUT2D eigenvalue weighted by molar-refractivity contribution is 7.99. The summed E-state index contributed by atoms with van der Waals surface area (Å²) in [5.74, 6) is 1.71. The molecule has 0 aliphatic rings. The summed E-state index contributed by atoms with van der Waals surface area (Å²) in [4.78, 5) is 12.4. The number of anilines is 1. The lowest BCUT2D eigenvalue weighted by Crippen LogP contribution is -2.16. The summed E-state index contributed by atoms with van der Waals surface area (Å²) < 4.78 is 13.1. The maximum atomic E-state index is 12.4. The normalized spacial score (nSPS) is 11.8. The van der Waals surface area contributed by atoms with Gasteiger partial charge in [-0.1, -0.05) is 47.1 Å². The fourth-order valence-corrected chi connectivity index (χ4v) is 4.01. The van der Waals surface area contributed by atoms with Crippen molar-refractivity contribution >= 4 is 46.6 Å². The topological polar surface area (TPSA) is 78.3 Å². The van der Waals surface area contributed by atoms with E-state index >= 15 is 0 Å². The van der Waals surface area contributed by atoms with Crippen molar-refractivity contribution in [3.05, 3.63) is 58.3 Å². The van der Waals surface area contributed by atoms with E-state index in [0.29, 0.717) is 44.8 Å². The maximum absolute atomic E-state index is 12.4. The van der Waals surface area contributed by atoms with Gasteiger partial charge in [-0.05, 0) is 38.1 Å². The summed E-state index contributed by atoms with van der Waals surface area (Å²) in [7, 11) is 1.56. The standard InChI is InChI=1S/C21H22Cl2N4O3S/c1-4-27-20(13(2)30-18-11-14(22)9-10-15(18)23)25-26-21(27)31-12-19(28)24-16-7-5-6-8-17(16)29-3/h5-11,13H,4,12H2,1-3H3,(H,24,28). The number of nitrogens with zero attached hydrogens (tertiary/aromatic N) is 3. The SMILES string of the molecule is CCn1c(SCC(=O)Nc2ccccc2OC)nnc1C(C)Oc1cc(Cl)ccc1Cl. The molecule has 164 valence electrons. The lowest BCUT2D eigenvalue weighted by Gasteiger charge is -2.16.